The number of hydrogen-bond donors (Lipinski definition) is 2. The lowest BCUT2D eigenvalue weighted by molar-refractivity contribution is 0.597. The van der Waals surface area contributed by atoms with Gasteiger partial charge in [-0.2, -0.15) is 8.42 Å². The third-order valence-corrected chi connectivity index (χ3v) is 3.99. The molecule has 20 heavy (non-hydrogen) atoms. The first-order chi connectivity index (χ1) is 9.53. The summed E-state index contributed by atoms with van der Waals surface area (Å²) in [4.78, 5) is 8.02. The van der Waals surface area contributed by atoms with Crippen molar-refractivity contribution in [2.45, 2.75) is 18.5 Å². The van der Waals surface area contributed by atoms with Crippen molar-refractivity contribution in [3.63, 3.8) is 0 Å². The van der Waals surface area contributed by atoms with E-state index in [4.69, 9.17) is 0 Å². The average Bonchev–Trinajstić information content (AvgIpc) is 2.42. The molecule has 6 nitrogen and oxygen atoms in total. The monoisotopic (exact) mass is 292 g/mol. The second-order valence-corrected chi connectivity index (χ2v) is 5.91. The Morgan fingerprint density at radius 3 is 2.60 bits per heavy atom. The average molecular weight is 292 g/mol. The molecule has 7 heteroatoms. The zero-order valence-electron chi connectivity index (χ0n) is 11.3. The predicted octanol–water partition coefficient (Wildman–Crippen LogP) is 1.31. The molecule has 0 amide bonds. The summed E-state index contributed by atoms with van der Waals surface area (Å²) in [6, 6.07) is 6.55. The van der Waals surface area contributed by atoms with Gasteiger partial charge in [-0.25, -0.2) is 4.98 Å². The summed E-state index contributed by atoms with van der Waals surface area (Å²) in [5, 5.41) is 2.96. The van der Waals surface area contributed by atoms with Crippen LogP contribution in [-0.2, 0) is 16.6 Å². The highest BCUT2D eigenvalue weighted by Crippen LogP contribution is 2.16. The Bertz CT molecular complexity index is 684. The van der Waals surface area contributed by atoms with Crippen LogP contribution in [0.5, 0.6) is 0 Å². The minimum atomic E-state index is -3.69. The minimum Gasteiger partial charge on any atom is -0.316 e. The number of rotatable bonds is 5. The maximum Gasteiger partial charge on any atom is 0.279 e. The van der Waals surface area contributed by atoms with Gasteiger partial charge in [0.15, 0.2) is 5.03 Å². The van der Waals surface area contributed by atoms with Crippen molar-refractivity contribution in [3.05, 3.63) is 47.9 Å². The first kappa shape index (κ1) is 14.4. The van der Waals surface area contributed by atoms with Crippen LogP contribution in [0.3, 0.4) is 0 Å². The van der Waals surface area contributed by atoms with Gasteiger partial charge in [0.1, 0.15) is 0 Å². The van der Waals surface area contributed by atoms with Crippen LogP contribution in [0, 0.1) is 6.92 Å². The van der Waals surface area contributed by atoms with Crippen LogP contribution in [0.2, 0.25) is 0 Å². The quantitative estimate of drug-likeness (QED) is 0.868. The molecule has 0 aliphatic heterocycles. The van der Waals surface area contributed by atoms with E-state index in [1.807, 2.05) is 7.05 Å². The third-order valence-electron chi connectivity index (χ3n) is 2.71. The van der Waals surface area contributed by atoms with Gasteiger partial charge in [-0.05, 0) is 37.7 Å². The molecule has 106 valence electrons. The van der Waals surface area contributed by atoms with Gasteiger partial charge < -0.3 is 5.32 Å². The third kappa shape index (κ3) is 3.31. The number of anilines is 1. The van der Waals surface area contributed by atoms with Crippen LogP contribution in [0.15, 0.2) is 41.7 Å². The molecule has 0 radical (unpaired) electrons. The molecule has 2 aromatic heterocycles. The Balaban J connectivity index is 2.24. The number of sulfonamides is 1. The molecule has 0 aliphatic carbocycles. The minimum absolute atomic E-state index is 0.0133. The lowest BCUT2D eigenvalue weighted by atomic mass is 10.3. The lowest BCUT2D eigenvalue weighted by Gasteiger charge is -2.09. The maximum atomic E-state index is 12.2. The Labute approximate surface area is 118 Å². The summed E-state index contributed by atoms with van der Waals surface area (Å²) in [5.41, 5.74) is 1.99. The van der Waals surface area contributed by atoms with Gasteiger partial charge in [-0.3, -0.25) is 9.71 Å². The van der Waals surface area contributed by atoms with Gasteiger partial charge >= 0.3 is 0 Å². The molecular weight excluding hydrogens is 276 g/mol. The van der Waals surface area contributed by atoms with Crippen LogP contribution >= 0.6 is 0 Å². The Hall–Kier alpha value is -1.99. The molecule has 2 aromatic rings. The van der Waals surface area contributed by atoms with E-state index in [1.165, 1.54) is 6.07 Å². The van der Waals surface area contributed by atoms with E-state index >= 15 is 0 Å². The van der Waals surface area contributed by atoms with E-state index < -0.39 is 10.0 Å². The Kier molecular flexibility index (Phi) is 4.31. The second-order valence-electron chi connectivity index (χ2n) is 4.28. The zero-order valence-corrected chi connectivity index (χ0v) is 12.1. The molecule has 2 N–H and O–H groups in total. The number of nitrogens with one attached hydrogen (secondary N) is 2. The van der Waals surface area contributed by atoms with Crippen molar-refractivity contribution in [2.75, 3.05) is 11.8 Å². The summed E-state index contributed by atoms with van der Waals surface area (Å²) in [6.07, 6.45) is 3.15. The van der Waals surface area contributed by atoms with E-state index in [0.717, 1.165) is 5.56 Å². The molecule has 0 bridgehead atoms. The molecule has 0 saturated heterocycles. The topological polar surface area (TPSA) is 84.0 Å². The van der Waals surface area contributed by atoms with Crippen molar-refractivity contribution < 1.29 is 8.42 Å². The highest BCUT2D eigenvalue weighted by Gasteiger charge is 2.16. The van der Waals surface area contributed by atoms with Gasteiger partial charge in [-0.15, -0.1) is 0 Å². The molecule has 0 aliphatic rings. The molecule has 0 aromatic carbocycles. The van der Waals surface area contributed by atoms with Gasteiger partial charge in [0, 0.05) is 18.9 Å². The molecule has 0 fully saturated rings. The van der Waals surface area contributed by atoms with Crippen LogP contribution in [0.4, 0.5) is 5.69 Å². The summed E-state index contributed by atoms with van der Waals surface area (Å²) >= 11 is 0. The normalized spacial score (nSPS) is 11.3. The molecule has 0 spiro atoms. The first-order valence-corrected chi connectivity index (χ1v) is 7.55. The second kappa shape index (κ2) is 5.98. The van der Waals surface area contributed by atoms with E-state index in [1.54, 1.807) is 37.5 Å². The summed E-state index contributed by atoms with van der Waals surface area (Å²) in [5.74, 6) is 0. The number of aryl methyl sites for hydroxylation is 1. The van der Waals surface area contributed by atoms with Gasteiger partial charge in [0.25, 0.3) is 10.0 Å². The Morgan fingerprint density at radius 1 is 1.20 bits per heavy atom. The fourth-order valence-electron chi connectivity index (χ4n) is 1.67. The molecule has 0 saturated carbocycles. The van der Waals surface area contributed by atoms with Crippen molar-refractivity contribution in [3.8, 4) is 0 Å². The summed E-state index contributed by atoms with van der Waals surface area (Å²) < 4.78 is 26.9. The molecular formula is C13H16N4O2S. The van der Waals surface area contributed by atoms with E-state index in [2.05, 4.69) is 20.0 Å². The lowest BCUT2D eigenvalue weighted by Crippen LogP contribution is -2.16. The van der Waals surface area contributed by atoms with Gasteiger partial charge in [-0.1, -0.05) is 6.07 Å². The van der Waals surface area contributed by atoms with E-state index in [9.17, 15) is 8.42 Å². The van der Waals surface area contributed by atoms with E-state index in [0.29, 0.717) is 17.9 Å². The van der Waals surface area contributed by atoms with Crippen LogP contribution in [-0.4, -0.2) is 25.4 Å². The zero-order chi connectivity index (χ0) is 14.6. The van der Waals surface area contributed by atoms with Crippen LogP contribution in [0.1, 0.15) is 11.3 Å². The highest BCUT2D eigenvalue weighted by atomic mass is 32.2. The smallest absolute Gasteiger partial charge is 0.279 e. The number of aromatic nitrogens is 2. The molecule has 2 rings (SSSR count). The first-order valence-electron chi connectivity index (χ1n) is 6.07. The van der Waals surface area contributed by atoms with E-state index in [-0.39, 0.29) is 5.03 Å². The van der Waals surface area contributed by atoms with Crippen LogP contribution in [0.25, 0.3) is 0 Å². The number of pyridine rings is 2. The number of nitrogens with zero attached hydrogens (tertiary/aromatic N) is 2. The highest BCUT2D eigenvalue weighted by molar-refractivity contribution is 7.92. The molecule has 0 atom stereocenters. The van der Waals surface area contributed by atoms with Crippen molar-refractivity contribution in [2.24, 2.45) is 0 Å². The standard InChI is InChI=1S/C13H16N4O2S/c1-10-12(4-3-7-15-10)17-20(18,19)13-6-5-11(8-14-2)9-16-13/h3-7,9,14,17H,8H2,1-2H3. The van der Waals surface area contributed by atoms with Crippen molar-refractivity contribution in [1.82, 2.24) is 15.3 Å². The fraction of sp³-hybridized carbons (Fsp3) is 0.231. The summed E-state index contributed by atoms with van der Waals surface area (Å²) in [6.45, 7) is 2.38. The maximum absolute atomic E-state index is 12.2. The van der Waals surface area contributed by atoms with Gasteiger partial charge in [0.2, 0.25) is 0 Å². The molecule has 2 heterocycles. The van der Waals surface area contributed by atoms with Crippen molar-refractivity contribution >= 4 is 15.7 Å². The SMILES string of the molecule is CNCc1ccc(S(=O)(=O)Nc2cccnc2C)nc1. The number of hydrogen-bond acceptors (Lipinski definition) is 5. The van der Waals surface area contributed by atoms with Crippen molar-refractivity contribution in [1.29, 1.82) is 0 Å². The molecule has 0 unspecified atom stereocenters. The largest absolute Gasteiger partial charge is 0.316 e. The fourth-order valence-corrected chi connectivity index (χ4v) is 2.72. The Morgan fingerprint density at radius 2 is 2.00 bits per heavy atom. The van der Waals surface area contributed by atoms with Crippen LogP contribution < -0.4 is 10.0 Å². The predicted molar refractivity (Wildman–Crippen MR) is 76.8 cm³/mol. The summed E-state index contributed by atoms with van der Waals surface area (Å²) in [7, 11) is -1.87. The van der Waals surface area contributed by atoms with Gasteiger partial charge in [0.05, 0.1) is 11.4 Å².